The predicted molar refractivity (Wildman–Crippen MR) is 46.9 cm³/mol. The lowest BCUT2D eigenvalue weighted by molar-refractivity contribution is -0.113. The minimum atomic E-state index is -3.28. The highest BCUT2D eigenvalue weighted by atomic mass is 32.2. The fourth-order valence-electron chi connectivity index (χ4n) is 0.740. The molecule has 0 aliphatic rings. The largest absolute Gasteiger partial charge is 0.331 e. The average molecular weight is 203 g/mol. The highest BCUT2D eigenvalue weighted by molar-refractivity contribution is 7.91. The first-order valence-corrected chi connectivity index (χ1v) is 5.50. The molecule has 7 heteroatoms. The van der Waals surface area contributed by atoms with Gasteiger partial charge in [0.25, 0.3) is 0 Å². The lowest BCUT2D eigenvalue weighted by Crippen LogP contribution is -2.22. The fourth-order valence-corrected chi connectivity index (χ4v) is 1.29. The number of carbonyl (C=O) groups is 1. The summed E-state index contributed by atoms with van der Waals surface area (Å²) in [7, 11) is -3.28. The van der Waals surface area contributed by atoms with Gasteiger partial charge in [-0.3, -0.25) is 10.1 Å². The molecule has 13 heavy (non-hydrogen) atoms. The lowest BCUT2D eigenvalue weighted by atomic mass is 10.7. The first-order chi connectivity index (χ1) is 5.97. The number of nitrogens with zero attached hydrogens (tertiary/aromatic N) is 1. The number of nitrogens with one attached hydrogen (secondary N) is 2. The van der Waals surface area contributed by atoms with Crippen molar-refractivity contribution in [3.05, 3.63) is 12.4 Å². The molecule has 1 amide bonds. The molecule has 0 spiro atoms. The quantitative estimate of drug-likeness (QED) is 0.685. The number of aromatic nitrogens is 2. The number of rotatable bonds is 3. The van der Waals surface area contributed by atoms with Gasteiger partial charge in [0, 0.05) is 18.6 Å². The summed E-state index contributed by atoms with van der Waals surface area (Å²) in [5.74, 6) is -0.889. The van der Waals surface area contributed by atoms with Crippen LogP contribution < -0.4 is 5.32 Å². The van der Waals surface area contributed by atoms with E-state index in [0.29, 0.717) is 0 Å². The summed E-state index contributed by atoms with van der Waals surface area (Å²) >= 11 is 0. The second kappa shape index (κ2) is 3.56. The van der Waals surface area contributed by atoms with Crippen LogP contribution in [0.4, 0.5) is 5.95 Å². The summed E-state index contributed by atoms with van der Waals surface area (Å²) in [4.78, 5) is 17.3. The van der Waals surface area contributed by atoms with Crippen LogP contribution in [0.5, 0.6) is 0 Å². The highest BCUT2D eigenvalue weighted by Gasteiger charge is 2.11. The van der Waals surface area contributed by atoms with Gasteiger partial charge in [-0.25, -0.2) is 13.4 Å². The van der Waals surface area contributed by atoms with Gasteiger partial charge in [0.15, 0.2) is 9.84 Å². The normalized spacial score (nSPS) is 11.2. The van der Waals surface area contributed by atoms with Crippen LogP contribution in [0.25, 0.3) is 0 Å². The predicted octanol–water partition coefficient (Wildman–Crippen LogP) is -0.607. The monoisotopic (exact) mass is 203 g/mol. The van der Waals surface area contributed by atoms with Crippen LogP contribution in [-0.4, -0.2) is 36.3 Å². The Kier molecular flexibility index (Phi) is 2.66. The first-order valence-electron chi connectivity index (χ1n) is 3.44. The molecule has 0 atom stereocenters. The Morgan fingerprint density at radius 3 is 2.85 bits per heavy atom. The number of H-pyrrole nitrogens is 1. The van der Waals surface area contributed by atoms with E-state index in [1.54, 1.807) is 0 Å². The van der Waals surface area contributed by atoms with E-state index in [2.05, 4.69) is 15.3 Å². The smallest absolute Gasteiger partial charge is 0.241 e. The minimum absolute atomic E-state index is 0.244. The zero-order chi connectivity index (χ0) is 9.90. The third kappa shape index (κ3) is 3.70. The zero-order valence-electron chi connectivity index (χ0n) is 6.94. The molecule has 6 nitrogen and oxygen atoms in total. The maximum absolute atomic E-state index is 11.0. The molecule has 72 valence electrons. The molecule has 0 aromatic carbocycles. The number of anilines is 1. The van der Waals surface area contributed by atoms with Crippen LogP contribution in [0.2, 0.25) is 0 Å². The number of hydrogen-bond donors (Lipinski definition) is 2. The van der Waals surface area contributed by atoms with E-state index in [9.17, 15) is 13.2 Å². The summed E-state index contributed by atoms with van der Waals surface area (Å²) in [6, 6.07) is 0. The van der Waals surface area contributed by atoms with Gasteiger partial charge >= 0.3 is 0 Å². The van der Waals surface area contributed by atoms with Gasteiger partial charge in [0.1, 0.15) is 5.75 Å². The summed E-state index contributed by atoms with van der Waals surface area (Å²) in [6.07, 6.45) is 3.97. The number of carbonyl (C=O) groups excluding carboxylic acids is 1. The van der Waals surface area contributed by atoms with Crippen LogP contribution in [-0.2, 0) is 14.6 Å². The highest BCUT2D eigenvalue weighted by Crippen LogP contribution is 1.95. The van der Waals surface area contributed by atoms with Crippen molar-refractivity contribution in [2.75, 3.05) is 17.3 Å². The van der Waals surface area contributed by atoms with Crippen molar-refractivity contribution in [1.82, 2.24) is 9.97 Å². The Balaban J connectivity index is 2.53. The summed E-state index contributed by atoms with van der Waals surface area (Å²) in [5, 5.41) is 2.29. The number of amides is 1. The molecule has 1 heterocycles. The van der Waals surface area contributed by atoms with Gasteiger partial charge in [-0.15, -0.1) is 0 Å². The van der Waals surface area contributed by atoms with E-state index in [-0.39, 0.29) is 5.95 Å². The molecule has 1 aromatic heterocycles. The Morgan fingerprint density at radius 2 is 2.38 bits per heavy atom. The maximum atomic E-state index is 11.0. The molecule has 0 saturated heterocycles. The van der Waals surface area contributed by atoms with E-state index in [1.165, 1.54) is 12.4 Å². The van der Waals surface area contributed by atoms with Gasteiger partial charge in [0.2, 0.25) is 11.9 Å². The van der Waals surface area contributed by atoms with Crippen LogP contribution in [0.1, 0.15) is 0 Å². The molecule has 0 saturated carbocycles. The van der Waals surface area contributed by atoms with Gasteiger partial charge in [-0.1, -0.05) is 0 Å². The van der Waals surface area contributed by atoms with Crippen molar-refractivity contribution in [2.24, 2.45) is 0 Å². The molecule has 0 aliphatic heterocycles. The standard InChI is InChI=1S/C6H9N3O3S/c1-13(11,12)4-5(10)9-6-7-2-3-8-6/h2-3H,4H2,1H3,(H2,7,8,9,10). The SMILES string of the molecule is CS(=O)(=O)CC(=O)Nc1ncc[nH]1. The van der Waals surface area contributed by atoms with Crippen LogP contribution >= 0.6 is 0 Å². The van der Waals surface area contributed by atoms with Crippen molar-refractivity contribution >= 4 is 21.7 Å². The molecule has 1 rings (SSSR count). The third-order valence-corrected chi connectivity index (χ3v) is 1.94. The van der Waals surface area contributed by atoms with Gasteiger partial charge in [-0.2, -0.15) is 0 Å². The second-order valence-corrected chi connectivity index (χ2v) is 4.70. The zero-order valence-corrected chi connectivity index (χ0v) is 7.76. The molecule has 1 aromatic rings. The molecule has 0 aliphatic carbocycles. The fraction of sp³-hybridized carbons (Fsp3) is 0.333. The summed E-state index contributed by atoms with van der Waals surface area (Å²) < 4.78 is 21.4. The average Bonchev–Trinajstić information content (AvgIpc) is 2.34. The maximum Gasteiger partial charge on any atom is 0.241 e. The second-order valence-electron chi connectivity index (χ2n) is 2.56. The number of hydrogen-bond acceptors (Lipinski definition) is 4. The number of sulfone groups is 1. The van der Waals surface area contributed by atoms with Crippen molar-refractivity contribution in [3.8, 4) is 0 Å². The van der Waals surface area contributed by atoms with Crippen molar-refractivity contribution in [1.29, 1.82) is 0 Å². The van der Waals surface area contributed by atoms with Crippen LogP contribution in [0.3, 0.4) is 0 Å². The molecule has 0 radical (unpaired) electrons. The van der Waals surface area contributed by atoms with E-state index in [4.69, 9.17) is 0 Å². The molecular formula is C6H9N3O3S. The molecule has 0 bridgehead atoms. The first kappa shape index (κ1) is 9.72. The number of imidazole rings is 1. The van der Waals surface area contributed by atoms with E-state index < -0.39 is 21.5 Å². The molecule has 2 N–H and O–H groups in total. The van der Waals surface area contributed by atoms with Crippen molar-refractivity contribution in [3.63, 3.8) is 0 Å². The third-order valence-electron chi connectivity index (χ3n) is 1.15. The number of aromatic amines is 1. The summed E-state index contributed by atoms with van der Waals surface area (Å²) in [6.45, 7) is 0. The topological polar surface area (TPSA) is 91.9 Å². The molecule has 0 fully saturated rings. The van der Waals surface area contributed by atoms with Crippen molar-refractivity contribution in [2.45, 2.75) is 0 Å². The Bertz CT molecular complexity index is 381. The Hall–Kier alpha value is -1.37. The van der Waals surface area contributed by atoms with E-state index >= 15 is 0 Å². The summed E-state index contributed by atoms with van der Waals surface area (Å²) in [5.41, 5.74) is 0. The van der Waals surface area contributed by atoms with E-state index in [0.717, 1.165) is 6.26 Å². The van der Waals surface area contributed by atoms with Gasteiger partial charge in [0.05, 0.1) is 0 Å². The van der Waals surface area contributed by atoms with Crippen molar-refractivity contribution < 1.29 is 13.2 Å². The Labute approximate surface area is 75.3 Å². The Morgan fingerprint density at radius 1 is 1.69 bits per heavy atom. The molecular weight excluding hydrogens is 194 g/mol. The lowest BCUT2D eigenvalue weighted by Gasteiger charge is -1.98. The van der Waals surface area contributed by atoms with Crippen LogP contribution in [0.15, 0.2) is 12.4 Å². The van der Waals surface area contributed by atoms with Crippen LogP contribution in [0, 0.1) is 0 Å². The minimum Gasteiger partial charge on any atom is -0.331 e. The molecule has 0 unspecified atom stereocenters. The van der Waals surface area contributed by atoms with Gasteiger partial charge in [-0.05, 0) is 0 Å². The van der Waals surface area contributed by atoms with Gasteiger partial charge < -0.3 is 4.98 Å². The van der Waals surface area contributed by atoms with E-state index in [1.807, 2.05) is 0 Å².